The van der Waals surface area contributed by atoms with Crippen molar-refractivity contribution in [2.45, 2.75) is 19.3 Å². The molecule has 1 heterocycles. The van der Waals surface area contributed by atoms with Gasteiger partial charge in [0.15, 0.2) is 0 Å². The number of halogens is 1. The molecular weight excluding hydrogens is 373 g/mol. The van der Waals surface area contributed by atoms with E-state index in [4.69, 9.17) is 26.7 Å². The van der Waals surface area contributed by atoms with Gasteiger partial charge < -0.3 is 15.4 Å². The summed E-state index contributed by atoms with van der Waals surface area (Å²) in [7, 11) is 0. The molecule has 1 amide bonds. The molecule has 1 aliphatic carbocycles. The Morgan fingerprint density at radius 1 is 1.24 bits per heavy atom. The minimum Gasteiger partial charge on any atom is -0.423 e. The van der Waals surface area contributed by atoms with Crippen molar-refractivity contribution in [3.63, 3.8) is 0 Å². The zero-order valence-electron chi connectivity index (χ0n) is 15.8. The second-order valence-electron chi connectivity index (χ2n) is 6.79. The summed E-state index contributed by atoms with van der Waals surface area (Å²) in [6, 6.07) is 4.66. The van der Waals surface area contributed by atoms with Crippen LogP contribution in [-0.4, -0.2) is 41.4 Å². The molecule has 1 aromatic rings. The molecule has 1 fully saturated rings. The van der Waals surface area contributed by atoms with E-state index in [1.807, 2.05) is 0 Å². The molecule has 150 valence electrons. The summed E-state index contributed by atoms with van der Waals surface area (Å²) < 4.78 is 18.7. The van der Waals surface area contributed by atoms with Crippen molar-refractivity contribution in [3.05, 3.63) is 65.0 Å². The summed E-state index contributed by atoms with van der Waals surface area (Å²) in [6.07, 6.45) is 7.51. The molecule has 0 unspecified atom stereocenters. The first-order valence-corrected chi connectivity index (χ1v) is 9.19. The van der Waals surface area contributed by atoms with Crippen LogP contribution < -0.4 is 5.73 Å². The molecule has 5 N–H and O–H groups in total. The molecule has 7 nitrogen and oxygen atoms in total. The van der Waals surface area contributed by atoms with Crippen molar-refractivity contribution in [2.75, 3.05) is 18.8 Å². The molecule has 8 heteroatoms. The first kappa shape index (κ1) is 20.2. The van der Waals surface area contributed by atoms with E-state index in [2.05, 4.69) is 0 Å². The molecule has 1 saturated heterocycles. The topological polar surface area (TPSA) is 127 Å². The van der Waals surface area contributed by atoms with Crippen molar-refractivity contribution in [1.29, 1.82) is 16.2 Å². The highest BCUT2D eigenvalue weighted by molar-refractivity contribution is 6.16. The van der Waals surface area contributed by atoms with E-state index in [0.29, 0.717) is 35.4 Å². The molecule has 2 aliphatic rings. The summed E-state index contributed by atoms with van der Waals surface area (Å²) >= 11 is 0. The number of likely N-dealkylation sites (tertiary alicyclic amines) is 1. The summed E-state index contributed by atoms with van der Waals surface area (Å²) in [4.78, 5) is 13.2. The molecule has 0 atom stereocenters. The van der Waals surface area contributed by atoms with Crippen LogP contribution in [0.3, 0.4) is 0 Å². The maximum atomic E-state index is 13.4. The number of nitrogens with one attached hydrogen (secondary N) is 3. The summed E-state index contributed by atoms with van der Waals surface area (Å²) in [5.74, 6) is -0.792. The number of hydrogen-bond donors (Lipinski definition) is 4. The number of allylic oxidation sites excluding steroid dienone is 6. The van der Waals surface area contributed by atoms with Crippen molar-refractivity contribution >= 4 is 29.1 Å². The van der Waals surface area contributed by atoms with Gasteiger partial charge in [0.05, 0.1) is 12.3 Å². The molecule has 29 heavy (non-hydrogen) atoms. The molecule has 0 bridgehead atoms. The fourth-order valence-corrected chi connectivity index (χ4v) is 3.10. The Bertz CT molecular complexity index is 977. The fraction of sp³-hybridized carbons (Fsp3) is 0.238. The van der Waals surface area contributed by atoms with Crippen molar-refractivity contribution < 1.29 is 13.9 Å². The van der Waals surface area contributed by atoms with Gasteiger partial charge in [0, 0.05) is 36.2 Å². The van der Waals surface area contributed by atoms with Crippen LogP contribution >= 0.6 is 0 Å². The average Bonchev–Trinajstić information content (AvgIpc) is 2.95. The van der Waals surface area contributed by atoms with Gasteiger partial charge in [-0.3, -0.25) is 21.0 Å². The number of carbonyl (C=O) groups is 1. The Morgan fingerprint density at radius 2 is 2.03 bits per heavy atom. The number of amides is 1. The molecule has 1 aliphatic heterocycles. The molecule has 0 radical (unpaired) electrons. The first-order chi connectivity index (χ1) is 13.8. The lowest BCUT2D eigenvalue weighted by molar-refractivity contribution is -0.127. The van der Waals surface area contributed by atoms with Gasteiger partial charge in [-0.25, -0.2) is 4.39 Å². The number of rotatable bonds is 5. The van der Waals surface area contributed by atoms with Gasteiger partial charge in [0.1, 0.15) is 5.83 Å². The van der Waals surface area contributed by atoms with Crippen LogP contribution in [0.2, 0.25) is 0 Å². The van der Waals surface area contributed by atoms with E-state index >= 15 is 0 Å². The first-order valence-electron chi connectivity index (χ1n) is 9.19. The normalized spacial score (nSPS) is 16.2. The third kappa shape index (κ3) is 4.84. The Kier molecular flexibility index (Phi) is 6.01. The van der Waals surface area contributed by atoms with Gasteiger partial charge in [-0.05, 0) is 36.3 Å². The van der Waals surface area contributed by atoms with Crippen LogP contribution in [0.15, 0.2) is 53.9 Å². The molecule has 1 aromatic carbocycles. The Labute approximate surface area is 167 Å². The highest BCUT2D eigenvalue weighted by atomic mass is 19.1. The van der Waals surface area contributed by atoms with Crippen LogP contribution in [0.1, 0.15) is 30.4 Å². The second-order valence-corrected chi connectivity index (χ2v) is 6.79. The maximum Gasteiger partial charge on any atom is 0.223 e. The van der Waals surface area contributed by atoms with E-state index < -0.39 is 0 Å². The van der Waals surface area contributed by atoms with Gasteiger partial charge in [-0.15, -0.1) is 0 Å². The lowest BCUT2D eigenvalue weighted by Crippen LogP contribution is -2.32. The maximum absolute atomic E-state index is 13.4. The number of carbonyl (C=O) groups excluding carboxylic acids is 1. The lowest BCUT2D eigenvalue weighted by Gasteiger charge is -2.17. The van der Waals surface area contributed by atoms with Gasteiger partial charge in [0.2, 0.25) is 17.7 Å². The summed E-state index contributed by atoms with van der Waals surface area (Å²) in [6.45, 7) is 0.604. The molecule has 0 aromatic heterocycles. The van der Waals surface area contributed by atoms with Crippen LogP contribution in [0.5, 0.6) is 0 Å². The van der Waals surface area contributed by atoms with Gasteiger partial charge in [-0.2, -0.15) is 0 Å². The minimum atomic E-state index is -0.295. The van der Waals surface area contributed by atoms with E-state index in [9.17, 15) is 9.18 Å². The van der Waals surface area contributed by atoms with E-state index in [1.165, 1.54) is 23.1 Å². The standard InChI is InChI=1S/C21H22FN5O2/c22-15-4-1-3-13(6-8-15)20(25)16-11-14(7-9-17(16)23)21(26)29-18(24)12-27-10-2-5-19(27)28/h1,3,6-9,11,24-26H,2,4-5,10,12,23H2. The monoisotopic (exact) mass is 395 g/mol. The summed E-state index contributed by atoms with van der Waals surface area (Å²) in [5.41, 5.74) is 7.66. The average molecular weight is 395 g/mol. The third-order valence-electron chi connectivity index (χ3n) is 4.66. The Morgan fingerprint density at radius 3 is 2.76 bits per heavy atom. The number of anilines is 1. The fourth-order valence-electron chi connectivity index (χ4n) is 3.10. The van der Waals surface area contributed by atoms with Crippen LogP contribution in [0.25, 0.3) is 0 Å². The number of nitrogen functional groups attached to an aromatic ring is 1. The third-order valence-corrected chi connectivity index (χ3v) is 4.66. The molecule has 0 saturated carbocycles. The Hall–Kier alpha value is -3.55. The zero-order chi connectivity index (χ0) is 21.0. The molecule has 3 rings (SSSR count). The second kappa shape index (κ2) is 8.64. The van der Waals surface area contributed by atoms with Crippen molar-refractivity contribution in [2.24, 2.45) is 0 Å². The van der Waals surface area contributed by atoms with Gasteiger partial charge in [0.25, 0.3) is 0 Å². The van der Waals surface area contributed by atoms with E-state index in [1.54, 1.807) is 24.3 Å². The molecular formula is C21H22FN5O2. The number of ether oxygens (including phenoxy) is 1. The van der Waals surface area contributed by atoms with Crippen molar-refractivity contribution in [3.8, 4) is 0 Å². The predicted octanol–water partition coefficient (Wildman–Crippen LogP) is 3.32. The van der Waals surface area contributed by atoms with Gasteiger partial charge in [-0.1, -0.05) is 18.2 Å². The smallest absolute Gasteiger partial charge is 0.223 e. The largest absolute Gasteiger partial charge is 0.423 e. The number of benzene rings is 1. The highest BCUT2D eigenvalue weighted by Gasteiger charge is 2.22. The lowest BCUT2D eigenvalue weighted by atomic mass is 9.98. The zero-order valence-corrected chi connectivity index (χ0v) is 15.8. The van der Waals surface area contributed by atoms with E-state index in [-0.39, 0.29) is 42.2 Å². The quantitative estimate of drug-likeness (QED) is 0.347. The van der Waals surface area contributed by atoms with Crippen molar-refractivity contribution in [1.82, 2.24) is 4.90 Å². The van der Waals surface area contributed by atoms with Crippen LogP contribution in [-0.2, 0) is 9.53 Å². The van der Waals surface area contributed by atoms with E-state index in [0.717, 1.165) is 6.42 Å². The summed E-state index contributed by atoms with van der Waals surface area (Å²) in [5, 5.41) is 24.5. The SMILES string of the molecule is N=C(CN1CCCC1=O)OC(=N)c1ccc(N)c(C(=N)C2=CC=C(F)CC=C2)c1. The van der Waals surface area contributed by atoms with Crippen LogP contribution in [0.4, 0.5) is 10.1 Å². The number of nitrogens with zero attached hydrogens (tertiary/aromatic N) is 1. The Balaban J connectivity index is 1.74. The highest BCUT2D eigenvalue weighted by Crippen LogP contribution is 2.22. The van der Waals surface area contributed by atoms with Gasteiger partial charge >= 0.3 is 0 Å². The molecule has 0 spiro atoms. The minimum absolute atomic E-state index is 0.0223. The number of nitrogens with two attached hydrogens (primary N) is 1. The predicted molar refractivity (Wildman–Crippen MR) is 110 cm³/mol. The van der Waals surface area contributed by atoms with Crippen LogP contribution in [0, 0.1) is 16.2 Å². The number of hydrogen-bond acceptors (Lipinski definition) is 6.